The smallest absolute Gasteiger partial charge is 0.263 e. The average molecular weight is 460 g/mol. The van der Waals surface area contributed by atoms with E-state index in [0.29, 0.717) is 21.8 Å². The summed E-state index contributed by atoms with van der Waals surface area (Å²) in [5.74, 6) is -0.649. The molecule has 0 spiro atoms. The largest absolute Gasteiger partial charge is 0.347 e. The molecule has 0 saturated carbocycles. The Labute approximate surface area is 195 Å². The molecular weight excluding hydrogens is 437 g/mol. The van der Waals surface area contributed by atoms with Crippen LogP contribution in [0.1, 0.15) is 37.9 Å². The van der Waals surface area contributed by atoms with Crippen LogP contribution in [0, 0.1) is 40.1 Å². The Morgan fingerprint density at radius 3 is 2.58 bits per heavy atom. The van der Waals surface area contributed by atoms with Gasteiger partial charge in [0.05, 0.1) is 29.2 Å². The molecule has 0 fully saturated rings. The highest BCUT2D eigenvalue weighted by atomic mass is 32.1. The lowest BCUT2D eigenvalue weighted by molar-refractivity contribution is 0.0954. The number of carbonyl (C=O) groups is 1. The first kappa shape index (κ1) is 22.4. The number of rotatable bonds is 5. The average Bonchev–Trinajstić information content (AvgIpc) is 3.35. The molecule has 0 aliphatic heterocycles. The van der Waals surface area contributed by atoms with Crippen LogP contribution in [0.4, 0.5) is 10.1 Å². The summed E-state index contributed by atoms with van der Waals surface area (Å²) < 4.78 is 16.7. The van der Waals surface area contributed by atoms with Crippen molar-refractivity contribution < 1.29 is 9.18 Å². The van der Waals surface area contributed by atoms with Crippen LogP contribution in [-0.4, -0.2) is 20.7 Å². The van der Waals surface area contributed by atoms with Gasteiger partial charge in [-0.2, -0.15) is 5.10 Å². The summed E-state index contributed by atoms with van der Waals surface area (Å²) in [5.41, 5.74) is 8.25. The monoisotopic (exact) mass is 459 g/mol. The summed E-state index contributed by atoms with van der Waals surface area (Å²) in [6.07, 6.45) is 0. The fourth-order valence-corrected chi connectivity index (χ4v) is 4.55. The van der Waals surface area contributed by atoms with Crippen LogP contribution >= 0.6 is 11.3 Å². The zero-order valence-corrected chi connectivity index (χ0v) is 19.5. The highest BCUT2D eigenvalue weighted by molar-refractivity contribution is 7.11. The molecule has 2 heterocycles. The number of nitrogens with zero attached hydrogens (tertiary/aromatic N) is 4. The standard InChI is InChI=1S/C25H22FN5OS/c1-14-10-20(8-9-22(14)27-5)31-17(4)23(15(2)30-31)18-6-7-19(21(26)11-18)12-28-25(32)24-16(3)29-13-33-24/h6-11,13H,12H2,1-4H3,(H,28,32). The molecule has 2 aromatic heterocycles. The van der Waals surface area contributed by atoms with Crippen molar-refractivity contribution in [3.8, 4) is 16.8 Å². The molecule has 8 heteroatoms. The molecular formula is C25H22FN5OS. The Bertz CT molecular complexity index is 1410. The van der Waals surface area contributed by atoms with Crippen LogP contribution in [0.3, 0.4) is 0 Å². The number of thiazole rings is 1. The second kappa shape index (κ2) is 8.96. The fraction of sp³-hybridized carbons (Fsp3) is 0.200. The molecule has 6 nitrogen and oxygen atoms in total. The highest BCUT2D eigenvalue weighted by Crippen LogP contribution is 2.31. The molecule has 33 heavy (non-hydrogen) atoms. The lowest BCUT2D eigenvalue weighted by Gasteiger charge is -2.10. The van der Waals surface area contributed by atoms with Crippen molar-refractivity contribution in [2.45, 2.75) is 34.2 Å². The van der Waals surface area contributed by atoms with Gasteiger partial charge in [-0.1, -0.05) is 18.2 Å². The summed E-state index contributed by atoms with van der Waals surface area (Å²) in [6, 6.07) is 10.6. The van der Waals surface area contributed by atoms with Gasteiger partial charge in [-0.25, -0.2) is 18.9 Å². The van der Waals surface area contributed by atoms with Crippen LogP contribution in [-0.2, 0) is 6.54 Å². The quantitative estimate of drug-likeness (QED) is 0.381. The van der Waals surface area contributed by atoms with Gasteiger partial charge in [0.1, 0.15) is 10.7 Å². The number of halogens is 1. The molecule has 0 bridgehead atoms. The van der Waals surface area contributed by atoms with E-state index in [1.54, 1.807) is 24.6 Å². The van der Waals surface area contributed by atoms with E-state index < -0.39 is 5.82 Å². The lowest BCUT2D eigenvalue weighted by Crippen LogP contribution is -2.23. The first-order valence-electron chi connectivity index (χ1n) is 10.3. The van der Waals surface area contributed by atoms with E-state index in [1.807, 2.05) is 43.7 Å². The minimum absolute atomic E-state index is 0.0895. The number of aryl methyl sites for hydroxylation is 3. The summed E-state index contributed by atoms with van der Waals surface area (Å²) in [5, 5.41) is 7.42. The van der Waals surface area contributed by atoms with Gasteiger partial charge in [0.2, 0.25) is 0 Å². The molecule has 1 amide bonds. The molecule has 166 valence electrons. The number of hydrogen-bond donors (Lipinski definition) is 1. The molecule has 0 aliphatic carbocycles. The molecule has 2 aromatic carbocycles. The fourth-order valence-electron chi connectivity index (χ4n) is 3.83. The first-order chi connectivity index (χ1) is 15.8. The molecule has 0 unspecified atom stereocenters. The summed E-state index contributed by atoms with van der Waals surface area (Å²) in [6.45, 7) is 14.8. The number of nitrogens with one attached hydrogen (secondary N) is 1. The number of aromatic nitrogens is 3. The van der Waals surface area contributed by atoms with E-state index in [-0.39, 0.29) is 12.5 Å². The van der Waals surface area contributed by atoms with Crippen LogP contribution in [0.15, 0.2) is 41.9 Å². The van der Waals surface area contributed by atoms with Crippen molar-refractivity contribution in [2.24, 2.45) is 0 Å². The third-order valence-corrected chi connectivity index (χ3v) is 6.50. The van der Waals surface area contributed by atoms with E-state index in [4.69, 9.17) is 6.57 Å². The van der Waals surface area contributed by atoms with Gasteiger partial charge in [-0.3, -0.25) is 4.79 Å². The topological polar surface area (TPSA) is 64.2 Å². The van der Waals surface area contributed by atoms with Crippen molar-refractivity contribution in [3.63, 3.8) is 0 Å². The maximum atomic E-state index is 14.9. The van der Waals surface area contributed by atoms with Crippen LogP contribution < -0.4 is 5.32 Å². The van der Waals surface area contributed by atoms with Gasteiger partial charge >= 0.3 is 0 Å². The molecule has 1 N–H and O–H groups in total. The normalized spacial score (nSPS) is 10.8. The summed E-state index contributed by atoms with van der Waals surface area (Å²) in [7, 11) is 0. The van der Waals surface area contributed by atoms with E-state index in [9.17, 15) is 9.18 Å². The van der Waals surface area contributed by atoms with Gasteiger partial charge in [0, 0.05) is 23.4 Å². The van der Waals surface area contributed by atoms with Crippen LogP contribution in [0.2, 0.25) is 0 Å². The Morgan fingerprint density at radius 1 is 1.15 bits per heavy atom. The summed E-state index contributed by atoms with van der Waals surface area (Å²) in [4.78, 5) is 20.4. The second-order valence-electron chi connectivity index (χ2n) is 7.80. The van der Waals surface area contributed by atoms with E-state index >= 15 is 0 Å². The molecule has 4 aromatic rings. The van der Waals surface area contributed by atoms with Crippen molar-refractivity contribution in [3.05, 3.63) is 92.2 Å². The van der Waals surface area contributed by atoms with E-state index in [1.165, 1.54) is 17.4 Å². The zero-order valence-electron chi connectivity index (χ0n) is 18.7. The van der Waals surface area contributed by atoms with Crippen molar-refractivity contribution in [1.29, 1.82) is 0 Å². The van der Waals surface area contributed by atoms with Gasteiger partial charge in [-0.15, -0.1) is 11.3 Å². The molecule has 0 aliphatic rings. The maximum Gasteiger partial charge on any atom is 0.263 e. The Kier molecular flexibility index (Phi) is 6.07. The number of hydrogen-bond acceptors (Lipinski definition) is 4. The molecule has 0 saturated heterocycles. The molecule has 0 radical (unpaired) electrons. The Balaban J connectivity index is 1.59. The minimum atomic E-state index is -0.391. The van der Waals surface area contributed by atoms with Gasteiger partial charge in [-0.05, 0) is 57.0 Å². The SMILES string of the molecule is [C-]#[N+]c1ccc(-n2nc(C)c(-c3ccc(CNC(=O)c4scnc4C)c(F)c3)c2C)cc1C. The van der Waals surface area contributed by atoms with E-state index in [2.05, 4.69) is 20.2 Å². The third-order valence-electron chi connectivity index (χ3n) is 5.57. The third kappa shape index (κ3) is 4.28. The summed E-state index contributed by atoms with van der Waals surface area (Å²) >= 11 is 1.26. The lowest BCUT2D eigenvalue weighted by atomic mass is 10.0. The number of benzene rings is 2. The van der Waals surface area contributed by atoms with Crippen molar-refractivity contribution in [1.82, 2.24) is 20.1 Å². The van der Waals surface area contributed by atoms with E-state index in [0.717, 1.165) is 33.8 Å². The van der Waals surface area contributed by atoms with Crippen LogP contribution in [0.5, 0.6) is 0 Å². The number of carbonyl (C=O) groups excluding carboxylic acids is 1. The van der Waals surface area contributed by atoms with Gasteiger partial charge in [0.25, 0.3) is 5.91 Å². The van der Waals surface area contributed by atoms with Gasteiger partial charge in [0.15, 0.2) is 5.69 Å². The molecule has 4 rings (SSSR count). The van der Waals surface area contributed by atoms with Gasteiger partial charge < -0.3 is 5.32 Å². The van der Waals surface area contributed by atoms with Crippen LogP contribution in [0.25, 0.3) is 21.7 Å². The second-order valence-corrected chi connectivity index (χ2v) is 8.65. The zero-order chi connectivity index (χ0) is 23.7. The highest BCUT2D eigenvalue weighted by Gasteiger charge is 2.17. The molecule has 0 atom stereocenters. The first-order valence-corrected chi connectivity index (χ1v) is 11.2. The van der Waals surface area contributed by atoms with Crippen molar-refractivity contribution in [2.75, 3.05) is 0 Å². The van der Waals surface area contributed by atoms with Crippen molar-refractivity contribution >= 4 is 22.9 Å². The number of amides is 1. The Hall–Kier alpha value is -3.83. The maximum absolute atomic E-state index is 14.9. The minimum Gasteiger partial charge on any atom is -0.347 e. The Morgan fingerprint density at radius 2 is 1.94 bits per heavy atom. The predicted octanol–water partition coefficient (Wildman–Crippen LogP) is 5.85. The predicted molar refractivity (Wildman–Crippen MR) is 127 cm³/mol.